The lowest BCUT2D eigenvalue weighted by molar-refractivity contribution is -0.131. The van der Waals surface area contributed by atoms with Crippen molar-refractivity contribution in [1.82, 2.24) is 9.80 Å². The van der Waals surface area contributed by atoms with Gasteiger partial charge in [0.15, 0.2) is 0 Å². The van der Waals surface area contributed by atoms with Crippen LogP contribution in [-0.2, 0) is 11.2 Å². The lowest BCUT2D eigenvalue weighted by Gasteiger charge is -2.34. The van der Waals surface area contributed by atoms with E-state index in [1.807, 2.05) is 31.2 Å². The molecule has 7 heteroatoms. The summed E-state index contributed by atoms with van der Waals surface area (Å²) >= 11 is 0.982. The van der Waals surface area contributed by atoms with Crippen LogP contribution in [0.25, 0.3) is 0 Å². The van der Waals surface area contributed by atoms with Crippen LogP contribution in [0.5, 0.6) is 0 Å². The number of carbonyl (C=O) groups excluding carboxylic acids is 2. The summed E-state index contributed by atoms with van der Waals surface area (Å²) in [5.41, 5.74) is 2.12. The topological polar surface area (TPSA) is 77.9 Å². The Hall–Kier alpha value is -2.67. The van der Waals surface area contributed by atoms with Crippen LogP contribution in [0.3, 0.4) is 0 Å². The smallest absolute Gasteiger partial charge is 0.345 e. The number of benzene rings is 1. The number of aromatic carboxylic acids is 1. The predicted molar refractivity (Wildman–Crippen MR) is 98.6 cm³/mol. The van der Waals surface area contributed by atoms with Crippen molar-refractivity contribution >= 4 is 29.1 Å². The first kappa shape index (κ1) is 18.1. The van der Waals surface area contributed by atoms with Crippen molar-refractivity contribution in [3.8, 4) is 0 Å². The van der Waals surface area contributed by atoms with Crippen LogP contribution in [-0.4, -0.2) is 58.9 Å². The van der Waals surface area contributed by atoms with Gasteiger partial charge in [0.25, 0.3) is 5.91 Å². The standard InChI is InChI=1S/C19H20N2O4S/c1-13-4-2-3-5-14(13)12-17(22)20-8-10-21(11-9-20)18(23)15-6-7-16(26-15)19(24)25/h2-7H,8-12H2,1H3,(H,24,25). The Morgan fingerprint density at radius 2 is 1.58 bits per heavy atom. The summed E-state index contributed by atoms with van der Waals surface area (Å²) in [5.74, 6) is -1.13. The average Bonchev–Trinajstić information content (AvgIpc) is 3.13. The van der Waals surface area contributed by atoms with Gasteiger partial charge >= 0.3 is 5.97 Å². The first-order chi connectivity index (χ1) is 12.5. The van der Waals surface area contributed by atoms with E-state index < -0.39 is 5.97 Å². The SMILES string of the molecule is Cc1ccccc1CC(=O)N1CCN(C(=O)c2ccc(C(=O)O)s2)CC1. The normalized spacial score (nSPS) is 14.3. The van der Waals surface area contributed by atoms with Gasteiger partial charge < -0.3 is 14.9 Å². The molecule has 3 rings (SSSR count). The Bertz CT molecular complexity index is 838. The minimum Gasteiger partial charge on any atom is -0.477 e. The Balaban J connectivity index is 1.56. The first-order valence-corrected chi connectivity index (χ1v) is 9.22. The maximum Gasteiger partial charge on any atom is 0.345 e. The summed E-state index contributed by atoms with van der Waals surface area (Å²) in [4.78, 5) is 40.0. The molecule has 1 aliphatic heterocycles. The second-order valence-corrected chi connectivity index (χ2v) is 7.33. The number of rotatable bonds is 4. The number of hydrogen-bond acceptors (Lipinski definition) is 4. The minimum atomic E-state index is -1.03. The zero-order valence-corrected chi connectivity index (χ0v) is 15.3. The number of piperazine rings is 1. The summed E-state index contributed by atoms with van der Waals surface area (Å²) in [6, 6.07) is 10.8. The zero-order chi connectivity index (χ0) is 18.7. The molecule has 1 saturated heterocycles. The monoisotopic (exact) mass is 372 g/mol. The number of nitrogens with zero attached hydrogens (tertiary/aromatic N) is 2. The molecule has 0 spiro atoms. The zero-order valence-electron chi connectivity index (χ0n) is 14.5. The number of carboxylic acid groups (broad SMARTS) is 1. The second kappa shape index (κ2) is 7.70. The van der Waals surface area contributed by atoms with E-state index in [9.17, 15) is 14.4 Å². The number of thiophene rings is 1. The molecular weight excluding hydrogens is 352 g/mol. The Labute approximate surface area is 155 Å². The third kappa shape index (κ3) is 3.94. The highest BCUT2D eigenvalue weighted by Gasteiger charge is 2.26. The van der Waals surface area contributed by atoms with Crippen LogP contribution in [0, 0.1) is 6.92 Å². The van der Waals surface area contributed by atoms with E-state index in [2.05, 4.69) is 0 Å². The molecule has 26 heavy (non-hydrogen) atoms. The summed E-state index contributed by atoms with van der Waals surface area (Å²) < 4.78 is 0. The fraction of sp³-hybridized carbons (Fsp3) is 0.316. The molecule has 0 bridgehead atoms. The van der Waals surface area contributed by atoms with Crippen LogP contribution in [0.2, 0.25) is 0 Å². The molecule has 1 fully saturated rings. The lowest BCUT2D eigenvalue weighted by Crippen LogP contribution is -2.50. The molecule has 1 aliphatic rings. The van der Waals surface area contributed by atoms with E-state index in [1.54, 1.807) is 15.9 Å². The molecule has 0 atom stereocenters. The number of carboxylic acids is 1. The van der Waals surface area contributed by atoms with E-state index in [0.29, 0.717) is 37.5 Å². The van der Waals surface area contributed by atoms with Crippen LogP contribution >= 0.6 is 11.3 Å². The molecule has 0 unspecified atom stereocenters. The number of amides is 2. The van der Waals surface area contributed by atoms with E-state index in [1.165, 1.54) is 6.07 Å². The molecule has 1 aromatic carbocycles. The van der Waals surface area contributed by atoms with E-state index in [4.69, 9.17) is 5.11 Å². The predicted octanol–water partition coefficient (Wildman–Crippen LogP) is 2.28. The molecular formula is C19H20N2O4S. The van der Waals surface area contributed by atoms with Gasteiger partial charge in [-0.25, -0.2) is 4.79 Å². The van der Waals surface area contributed by atoms with Crippen molar-refractivity contribution in [1.29, 1.82) is 0 Å². The first-order valence-electron chi connectivity index (χ1n) is 8.40. The van der Waals surface area contributed by atoms with Crippen molar-refractivity contribution in [2.75, 3.05) is 26.2 Å². The Morgan fingerprint density at radius 3 is 2.19 bits per heavy atom. The molecule has 2 heterocycles. The van der Waals surface area contributed by atoms with E-state index >= 15 is 0 Å². The van der Waals surface area contributed by atoms with Crippen LogP contribution in [0.1, 0.15) is 30.5 Å². The number of hydrogen-bond donors (Lipinski definition) is 1. The largest absolute Gasteiger partial charge is 0.477 e. The number of carbonyl (C=O) groups is 3. The van der Waals surface area contributed by atoms with Gasteiger partial charge in [-0.05, 0) is 30.2 Å². The highest BCUT2D eigenvalue weighted by atomic mass is 32.1. The van der Waals surface area contributed by atoms with E-state index in [0.717, 1.165) is 22.5 Å². The Kier molecular flexibility index (Phi) is 5.37. The van der Waals surface area contributed by atoms with Crippen molar-refractivity contribution in [3.63, 3.8) is 0 Å². The second-order valence-electron chi connectivity index (χ2n) is 6.25. The molecule has 2 aromatic rings. The van der Waals surface area contributed by atoms with Crippen molar-refractivity contribution in [2.24, 2.45) is 0 Å². The van der Waals surface area contributed by atoms with Gasteiger partial charge in [-0.2, -0.15) is 0 Å². The Morgan fingerprint density at radius 1 is 0.962 bits per heavy atom. The highest BCUT2D eigenvalue weighted by Crippen LogP contribution is 2.19. The van der Waals surface area contributed by atoms with Crippen LogP contribution in [0.15, 0.2) is 36.4 Å². The summed E-state index contributed by atoms with van der Waals surface area (Å²) in [6.07, 6.45) is 0.369. The maximum atomic E-state index is 12.5. The third-order valence-electron chi connectivity index (χ3n) is 4.55. The van der Waals surface area contributed by atoms with Gasteiger partial charge in [0, 0.05) is 26.2 Å². The average molecular weight is 372 g/mol. The maximum absolute atomic E-state index is 12.5. The summed E-state index contributed by atoms with van der Waals surface area (Å²) in [7, 11) is 0. The van der Waals surface area contributed by atoms with Gasteiger partial charge in [0.05, 0.1) is 11.3 Å². The summed E-state index contributed by atoms with van der Waals surface area (Å²) in [5, 5.41) is 8.97. The van der Waals surface area contributed by atoms with Gasteiger partial charge in [-0.1, -0.05) is 24.3 Å². The fourth-order valence-corrected chi connectivity index (χ4v) is 3.78. The lowest BCUT2D eigenvalue weighted by atomic mass is 10.1. The molecule has 1 N–H and O–H groups in total. The quantitative estimate of drug-likeness (QED) is 0.893. The van der Waals surface area contributed by atoms with Gasteiger partial charge in [-0.15, -0.1) is 11.3 Å². The van der Waals surface area contributed by atoms with Crippen molar-refractivity contribution < 1.29 is 19.5 Å². The number of aryl methyl sites for hydroxylation is 1. The van der Waals surface area contributed by atoms with Crippen molar-refractivity contribution in [2.45, 2.75) is 13.3 Å². The molecule has 136 valence electrons. The molecule has 0 aliphatic carbocycles. The molecule has 0 saturated carbocycles. The molecule has 6 nitrogen and oxygen atoms in total. The molecule has 1 aromatic heterocycles. The highest BCUT2D eigenvalue weighted by molar-refractivity contribution is 7.15. The van der Waals surface area contributed by atoms with Crippen LogP contribution in [0.4, 0.5) is 0 Å². The van der Waals surface area contributed by atoms with Gasteiger partial charge in [-0.3, -0.25) is 9.59 Å². The van der Waals surface area contributed by atoms with Gasteiger partial charge in [0.1, 0.15) is 4.88 Å². The minimum absolute atomic E-state index is 0.0655. The van der Waals surface area contributed by atoms with Crippen molar-refractivity contribution in [3.05, 3.63) is 57.3 Å². The third-order valence-corrected chi connectivity index (χ3v) is 5.61. The molecule has 2 amide bonds. The summed E-state index contributed by atoms with van der Waals surface area (Å²) in [6.45, 7) is 3.89. The fourth-order valence-electron chi connectivity index (χ4n) is 2.97. The van der Waals surface area contributed by atoms with Gasteiger partial charge in [0.2, 0.25) is 5.91 Å². The van der Waals surface area contributed by atoms with Crippen LogP contribution < -0.4 is 0 Å². The molecule has 0 radical (unpaired) electrons. The van der Waals surface area contributed by atoms with E-state index in [-0.39, 0.29) is 16.7 Å².